The van der Waals surface area contributed by atoms with Crippen LogP contribution in [-0.4, -0.2) is 45.8 Å². The first-order chi connectivity index (χ1) is 14.4. The number of ether oxygens (including phenoxy) is 1. The van der Waals surface area contributed by atoms with E-state index in [4.69, 9.17) is 10.5 Å². The summed E-state index contributed by atoms with van der Waals surface area (Å²) in [6.07, 6.45) is 0.805. The lowest BCUT2D eigenvalue weighted by atomic mass is 10.0. The number of thiazole rings is 1. The number of nitrogens with one attached hydrogen (secondary N) is 1. The van der Waals surface area contributed by atoms with Crippen LogP contribution in [0.2, 0.25) is 0 Å². The number of aromatic nitrogens is 3. The average Bonchev–Trinajstić information content (AvgIpc) is 3.11. The van der Waals surface area contributed by atoms with E-state index in [9.17, 15) is 9.90 Å². The summed E-state index contributed by atoms with van der Waals surface area (Å²) in [5.41, 5.74) is 7.87. The Hall–Kier alpha value is -2.43. The lowest BCUT2D eigenvalue weighted by molar-refractivity contribution is 0.0600. The maximum absolute atomic E-state index is 11.7. The summed E-state index contributed by atoms with van der Waals surface area (Å²) in [6, 6.07) is 7.13. The number of fused-ring (bicyclic) bond motifs is 1. The molecule has 0 saturated heterocycles. The van der Waals surface area contributed by atoms with E-state index < -0.39 is 0 Å². The van der Waals surface area contributed by atoms with Crippen LogP contribution in [0, 0.1) is 5.92 Å². The van der Waals surface area contributed by atoms with Crippen LogP contribution >= 0.6 is 23.1 Å². The lowest BCUT2D eigenvalue weighted by Gasteiger charge is -2.19. The summed E-state index contributed by atoms with van der Waals surface area (Å²) >= 11 is 2.75. The third-order valence-electron chi connectivity index (χ3n) is 4.28. The highest BCUT2D eigenvalue weighted by Gasteiger charge is 2.17. The first kappa shape index (κ1) is 22.3. The second-order valence-corrected chi connectivity index (χ2v) is 9.17. The number of methoxy groups -OCH3 is 1. The molecule has 30 heavy (non-hydrogen) atoms. The number of nitrogens with two attached hydrogens (primary N) is 1. The Kier molecular flexibility index (Phi) is 7.46. The molecule has 3 rings (SSSR count). The maximum Gasteiger partial charge on any atom is 0.337 e. The molecule has 1 aromatic carbocycles. The van der Waals surface area contributed by atoms with Gasteiger partial charge in [0, 0.05) is 5.75 Å². The van der Waals surface area contributed by atoms with Crippen molar-refractivity contribution in [1.82, 2.24) is 15.0 Å². The highest BCUT2D eigenvalue weighted by Crippen LogP contribution is 2.32. The number of benzene rings is 1. The molecule has 2 heterocycles. The number of hydrogen-bond donors (Lipinski definition) is 3. The van der Waals surface area contributed by atoms with Crippen molar-refractivity contribution in [2.45, 2.75) is 37.2 Å². The van der Waals surface area contributed by atoms with E-state index in [0.29, 0.717) is 39.0 Å². The number of nitrogens with zero attached hydrogens (tertiary/aromatic N) is 3. The Morgan fingerprint density at radius 1 is 1.33 bits per heavy atom. The highest BCUT2D eigenvalue weighted by atomic mass is 32.2. The molecule has 0 spiro atoms. The van der Waals surface area contributed by atoms with Gasteiger partial charge in [0.2, 0.25) is 0 Å². The van der Waals surface area contributed by atoms with Gasteiger partial charge in [-0.2, -0.15) is 0 Å². The molecule has 0 fully saturated rings. The molecule has 10 heteroatoms. The van der Waals surface area contributed by atoms with Gasteiger partial charge in [0.1, 0.15) is 4.70 Å². The van der Waals surface area contributed by atoms with E-state index in [1.807, 2.05) is 12.1 Å². The normalized spacial score (nSPS) is 12.3. The van der Waals surface area contributed by atoms with E-state index in [1.54, 1.807) is 12.1 Å². The van der Waals surface area contributed by atoms with Crippen LogP contribution in [0.25, 0.3) is 10.3 Å². The van der Waals surface area contributed by atoms with Gasteiger partial charge in [-0.25, -0.2) is 19.7 Å². The fourth-order valence-corrected chi connectivity index (χ4v) is 4.49. The summed E-state index contributed by atoms with van der Waals surface area (Å²) in [5.74, 6) is 1.25. The lowest BCUT2D eigenvalue weighted by Crippen LogP contribution is -2.26. The molecule has 3 aromatic rings. The Morgan fingerprint density at radius 3 is 2.83 bits per heavy atom. The first-order valence-corrected chi connectivity index (χ1v) is 11.3. The molecule has 0 aliphatic heterocycles. The predicted octanol–water partition coefficient (Wildman–Crippen LogP) is 3.57. The van der Waals surface area contributed by atoms with Gasteiger partial charge in [-0.15, -0.1) is 0 Å². The fourth-order valence-electron chi connectivity index (χ4n) is 2.98. The number of thioether (sulfide) groups is 1. The van der Waals surface area contributed by atoms with E-state index in [1.165, 1.54) is 30.2 Å². The number of aliphatic hydroxyl groups is 1. The maximum atomic E-state index is 11.7. The van der Waals surface area contributed by atoms with Gasteiger partial charge in [0.15, 0.2) is 21.8 Å². The number of hydrogen-bond acceptors (Lipinski definition) is 10. The summed E-state index contributed by atoms with van der Waals surface area (Å²) < 4.78 is 5.55. The third kappa shape index (κ3) is 5.59. The van der Waals surface area contributed by atoms with E-state index in [0.717, 1.165) is 16.7 Å². The molecule has 2 aromatic heterocycles. The van der Waals surface area contributed by atoms with Crippen molar-refractivity contribution in [2.75, 3.05) is 24.8 Å². The van der Waals surface area contributed by atoms with Crippen LogP contribution in [0.4, 0.5) is 10.9 Å². The molecule has 0 bridgehead atoms. The number of rotatable bonds is 9. The molecule has 160 valence electrons. The van der Waals surface area contributed by atoms with Gasteiger partial charge in [0.05, 0.1) is 25.3 Å². The molecular weight excluding hydrogens is 422 g/mol. The van der Waals surface area contributed by atoms with Gasteiger partial charge >= 0.3 is 5.97 Å². The number of carbonyl (C=O) groups is 1. The Labute approximate surface area is 183 Å². The summed E-state index contributed by atoms with van der Waals surface area (Å²) in [6.45, 7) is 4.21. The largest absolute Gasteiger partial charge is 0.465 e. The van der Waals surface area contributed by atoms with Crippen molar-refractivity contribution in [1.29, 1.82) is 0 Å². The van der Waals surface area contributed by atoms with Crippen molar-refractivity contribution < 1.29 is 14.6 Å². The van der Waals surface area contributed by atoms with Gasteiger partial charge in [0.25, 0.3) is 0 Å². The molecule has 0 saturated carbocycles. The topological polar surface area (TPSA) is 123 Å². The highest BCUT2D eigenvalue weighted by molar-refractivity contribution is 7.98. The summed E-state index contributed by atoms with van der Waals surface area (Å²) in [7, 11) is 1.36. The summed E-state index contributed by atoms with van der Waals surface area (Å²) in [5, 5.41) is 14.0. The van der Waals surface area contributed by atoms with E-state index in [2.05, 4.69) is 34.1 Å². The number of esters is 1. The third-order valence-corrected chi connectivity index (χ3v) is 6.08. The van der Waals surface area contributed by atoms with Crippen LogP contribution in [0.3, 0.4) is 0 Å². The number of aliphatic hydroxyl groups excluding tert-OH is 1. The molecule has 0 aliphatic rings. The number of anilines is 2. The minimum absolute atomic E-state index is 0.000753. The van der Waals surface area contributed by atoms with Gasteiger partial charge in [-0.1, -0.05) is 49.1 Å². The molecule has 0 aliphatic carbocycles. The van der Waals surface area contributed by atoms with Crippen molar-refractivity contribution >= 4 is 50.4 Å². The monoisotopic (exact) mass is 447 g/mol. The van der Waals surface area contributed by atoms with E-state index in [-0.39, 0.29) is 18.6 Å². The number of nitrogen functional groups attached to an aromatic ring is 1. The molecule has 4 N–H and O–H groups in total. The predicted molar refractivity (Wildman–Crippen MR) is 121 cm³/mol. The van der Waals surface area contributed by atoms with Gasteiger partial charge in [-0.3, -0.25) is 0 Å². The molecule has 8 nitrogen and oxygen atoms in total. The minimum atomic E-state index is -0.371. The van der Waals surface area contributed by atoms with Crippen LogP contribution in [0.5, 0.6) is 0 Å². The Balaban J connectivity index is 1.83. The molecule has 0 amide bonds. The zero-order valence-corrected chi connectivity index (χ0v) is 18.7. The zero-order valence-electron chi connectivity index (χ0n) is 17.1. The van der Waals surface area contributed by atoms with Crippen molar-refractivity contribution in [3.8, 4) is 0 Å². The second kappa shape index (κ2) is 10.1. The van der Waals surface area contributed by atoms with Crippen molar-refractivity contribution in [3.63, 3.8) is 0 Å². The molecular formula is C20H25N5O3S2. The smallest absolute Gasteiger partial charge is 0.337 e. The summed E-state index contributed by atoms with van der Waals surface area (Å²) in [4.78, 5) is 25.2. The Morgan fingerprint density at radius 2 is 2.13 bits per heavy atom. The van der Waals surface area contributed by atoms with Gasteiger partial charge in [-0.05, 0) is 30.0 Å². The van der Waals surface area contributed by atoms with Crippen LogP contribution in [-0.2, 0) is 10.5 Å². The van der Waals surface area contributed by atoms with Crippen LogP contribution in [0.15, 0.2) is 29.4 Å². The fraction of sp³-hybridized carbons (Fsp3) is 0.400. The average molecular weight is 448 g/mol. The van der Waals surface area contributed by atoms with E-state index >= 15 is 0 Å². The van der Waals surface area contributed by atoms with Crippen molar-refractivity contribution in [2.24, 2.45) is 5.92 Å². The standard InChI is InChI=1S/C20H25N5O3S2/c1-11(2)7-14(9-26)22-16-15-17(23-19(21)30-15)25-20(24-16)29-10-12-5-4-6-13(8-12)18(27)28-3/h4-6,8,11,14,26H,7,9-10H2,1-3H3,(H3,21,22,23,24,25). The zero-order chi connectivity index (χ0) is 21.7. The molecule has 1 atom stereocenters. The second-order valence-electron chi connectivity index (χ2n) is 7.19. The number of carbonyl (C=O) groups excluding carboxylic acids is 1. The first-order valence-electron chi connectivity index (χ1n) is 9.51. The van der Waals surface area contributed by atoms with Crippen LogP contribution in [0.1, 0.15) is 36.2 Å². The molecule has 1 unspecified atom stereocenters. The van der Waals surface area contributed by atoms with Crippen molar-refractivity contribution in [3.05, 3.63) is 35.4 Å². The minimum Gasteiger partial charge on any atom is -0.465 e. The SMILES string of the molecule is COC(=O)c1cccc(CSc2nc(NC(CO)CC(C)C)c3sc(N)nc3n2)c1. The molecule has 0 radical (unpaired) electrons. The quantitative estimate of drug-likeness (QED) is 0.256. The van der Waals surface area contributed by atoms with Gasteiger partial charge < -0.3 is 20.9 Å². The van der Waals surface area contributed by atoms with Crippen LogP contribution < -0.4 is 11.1 Å². The Bertz CT molecular complexity index is 1020.